The number of hydrogen-bond donors (Lipinski definition) is 2. The van der Waals surface area contributed by atoms with Gasteiger partial charge in [0.2, 0.25) is 11.8 Å². The van der Waals surface area contributed by atoms with Crippen molar-refractivity contribution in [3.05, 3.63) is 96.2 Å². The lowest BCUT2D eigenvalue weighted by atomic mass is 10.0. The van der Waals surface area contributed by atoms with Gasteiger partial charge in [-0.3, -0.25) is 19.3 Å². The van der Waals surface area contributed by atoms with Crippen LogP contribution in [0, 0.1) is 29.8 Å². The molecule has 2 N–H and O–H groups in total. The molecule has 2 heterocycles. The molecule has 1 fully saturated rings. The monoisotopic (exact) mass is 571 g/mol. The molecule has 0 aliphatic heterocycles. The second kappa shape index (κ2) is 10.3. The van der Waals surface area contributed by atoms with E-state index in [1.54, 1.807) is 16.9 Å². The van der Waals surface area contributed by atoms with Crippen LogP contribution in [0.3, 0.4) is 0 Å². The number of carbonyl (C=O) groups is 2. The van der Waals surface area contributed by atoms with E-state index in [0.717, 1.165) is 28.8 Å². The van der Waals surface area contributed by atoms with Crippen LogP contribution in [0.1, 0.15) is 18.4 Å². The van der Waals surface area contributed by atoms with Crippen LogP contribution in [0.2, 0.25) is 0 Å². The third-order valence-corrected chi connectivity index (χ3v) is 7.27. The van der Waals surface area contributed by atoms with E-state index in [2.05, 4.69) is 20.7 Å². The number of rotatable bonds is 7. The summed E-state index contributed by atoms with van der Waals surface area (Å²) in [6.45, 7) is 1.92. The van der Waals surface area contributed by atoms with E-state index in [1.807, 2.05) is 32.3 Å². The van der Waals surface area contributed by atoms with E-state index >= 15 is 8.78 Å². The predicted molar refractivity (Wildman–Crippen MR) is 150 cm³/mol. The van der Waals surface area contributed by atoms with Crippen molar-refractivity contribution in [2.45, 2.75) is 19.8 Å². The number of hydrogen-bond acceptors (Lipinski definition) is 5. The van der Waals surface area contributed by atoms with Crippen LogP contribution < -0.4 is 15.4 Å². The largest absolute Gasteiger partial charge is 0.453 e. The van der Waals surface area contributed by atoms with Gasteiger partial charge in [0.05, 0.1) is 17.4 Å². The van der Waals surface area contributed by atoms with Crippen molar-refractivity contribution in [2.24, 2.45) is 12.5 Å². The second-order valence-electron chi connectivity index (χ2n) is 10.3. The summed E-state index contributed by atoms with van der Waals surface area (Å²) in [7, 11) is 1.82. The molecule has 5 aromatic rings. The lowest BCUT2D eigenvalue weighted by Gasteiger charge is -2.17. The molecule has 0 spiro atoms. The quantitative estimate of drug-likeness (QED) is 0.217. The highest BCUT2D eigenvalue weighted by Crippen LogP contribution is 2.48. The Morgan fingerprint density at radius 1 is 0.929 bits per heavy atom. The maximum absolute atomic E-state index is 15.1. The lowest BCUT2D eigenvalue weighted by Crippen LogP contribution is -2.35. The van der Waals surface area contributed by atoms with Crippen LogP contribution in [0.4, 0.5) is 24.5 Å². The minimum absolute atomic E-state index is 0.230. The highest BCUT2D eigenvalue weighted by atomic mass is 19.1. The van der Waals surface area contributed by atoms with Crippen LogP contribution in [0.15, 0.2) is 73.2 Å². The van der Waals surface area contributed by atoms with E-state index in [4.69, 9.17) is 4.74 Å². The zero-order valence-electron chi connectivity index (χ0n) is 22.5. The molecule has 8 nitrogen and oxygen atoms in total. The highest BCUT2D eigenvalue weighted by Gasteiger charge is 2.56. The van der Waals surface area contributed by atoms with Crippen LogP contribution in [-0.2, 0) is 16.6 Å². The van der Waals surface area contributed by atoms with Crippen LogP contribution >= 0.6 is 0 Å². The van der Waals surface area contributed by atoms with E-state index in [9.17, 15) is 14.0 Å². The van der Waals surface area contributed by atoms with Gasteiger partial charge in [-0.15, -0.1) is 0 Å². The topological polar surface area (TPSA) is 98.1 Å². The molecule has 212 valence electrons. The summed E-state index contributed by atoms with van der Waals surface area (Å²) in [5.74, 6) is -3.83. The number of nitrogens with one attached hydrogen (secondary N) is 2. The summed E-state index contributed by atoms with van der Waals surface area (Å²) in [6, 6.07) is 12.0. The zero-order valence-corrected chi connectivity index (χ0v) is 22.5. The van der Waals surface area contributed by atoms with Crippen LogP contribution in [-0.4, -0.2) is 26.6 Å². The lowest BCUT2D eigenvalue weighted by molar-refractivity contribution is -0.131. The van der Waals surface area contributed by atoms with Gasteiger partial charge in [-0.2, -0.15) is 5.10 Å². The molecule has 0 saturated heterocycles. The Morgan fingerprint density at radius 2 is 1.67 bits per heavy atom. The predicted octanol–water partition coefficient (Wildman–Crippen LogP) is 6.51. The van der Waals surface area contributed by atoms with Gasteiger partial charge < -0.3 is 15.4 Å². The minimum atomic E-state index is -1.44. The first-order valence-corrected chi connectivity index (χ1v) is 13.1. The Labute approximate surface area is 238 Å². The van der Waals surface area contributed by atoms with Crippen molar-refractivity contribution in [2.75, 3.05) is 10.6 Å². The number of aromatic nitrogens is 3. The Bertz CT molecular complexity index is 1870. The Kier molecular flexibility index (Phi) is 6.64. The average Bonchev–Trinajstić information content (AvgIpc) is 3.67. The normalized spacial score (nSPS) is 13.5. The smallest absolute Gasteiger partial charge is 0.240 e. The summed E-state index contributed by atoms with van der Waals surface area (Å²) >= 11 is 0. The minimum Gasteiger partial charge on any atom is -0.453 e. The molecule has 2 amide bonds. The molecule has 1 aliphatic rings. The highest BCUT2D eigenvalue weighted by molar-refractivity contribution is 6.17. The van der Waals surface area contributed by atoms with Crippen molar-refractivity contribution in [1.29, 1.82) is 0 Å². The van der Waals surface area contributed by atoms with Gasteiger partial charge in [-0.1, -0.05) is 0 Å². The van der Waals surface area contributed by atoms with Gasteiger partial charge in [0, 0.05) is 48.2 Å². The van der Waals surface area contributed by atoms with Crippen molar-refractivity contribution in [1.82, 2.24) is 14.8 Å². The number of amides is 2. The third-order valence-electron chi connectivity index (χ3n) is 7.27. The van der Waals surface area contributed by atoms with Gasteiger partial charge >= 0.3 is 0 Å². The molecule has 0 atom stereocenters. The van der Waals surface area contributed by atoms with E-state index in [0.29, 0.717) is 16.6 Å². The number of nitrogens with zero attached hydrogens (tertiary/aromatic N) is 3. The zero-order chi connectivity index (χ0) is 29.6. The average molecular weight is 572 g/mol. The summed E-state index contributed by atoms with van der Waals surface area (Å²) < 4.78 is 50.9. The van der Waals surface area contributed by atoms with Gasteiger partial charge in [-0.25, -0.2) is 13.2 Å². The standard InChI is InChI=1S/C31H24F3N5O3/c1-17-11-22-25(12-21(17)18-15-36-39(2)16-18)35-10-7-27(22)42-28-14-23(33)26(13-24(28)34)38-30(41)31(8-9-31)29(40)37-20-5-3-19(32)4-6-20/h3-7,10-16H,8-9H2,1-2H3,(H,37,40)(H,38,41). The van der Waals surface area contributed by atoms with Gasteiger partial charge in [0.25, 0.3) is 0 Å². The molecule has 0 unspecified atom stereocenters. The Balaban J connectivity index is 1.21. The van der Waals surface area contributed by atoms with Crippen LogP contribution in [0.25, 0.3) is 22.0 Å². The maximum atomic E-state index is 15.1. The number of aryl methyl sites for hydroxylation is 2. The fourth-order valence-corrected chi connectivity index (χ4v) is 4.77. The number of anilines is 2. The fourth-order valence-electron chi connectivity index (χ4n) is 4.77. The SMILES string of the molecule is Cc1cc2c(Oc3cc(F)c(NC(=O)C4(C(=O)Nc5ccc(F)cc5)CC4)cc3F)ccnc2cc1-c1cnn(C)c1. The first-order chi connectivity index (χ1) is 20.1. The number of fused-ring (bicyclic) bond motifs is 1. The molecule has 3 aromatic carbocycles. The summed E-state index contributed by atoms with van der Waals surface area (Å²) in [4.78, 5) is 30.2. The van der Waals surface area contributed by atoms with E-state index in [1.165, 1.54) is 30.5 Å². The maximum Gasteiger partial charge on any atom is 0.240 e. The second-order valence-corrected chi connectivity index (χ2v) is 10.3. The number of ether oxygens (including phenoxy) is 1. The summed E-state index contributed by atoms with van der Waals surface area (Å²) in [5, 5.41) is 9.72. The van der Waals surface area contributed by atoms with Gasteiger partial charge in [-0.05, 0) is 73.4 Å². The molecule has 42 heavy (non-hydrogen) atoms. The molecular formula is C31H24F3N5O3. The number of pyridine rings is 1. The molecule has 0 bridgehead atoms. The van der Waals surface area contributed by atoms with E-state index < -0.39 is 40.4 Å². The van der Waals surface area contributed by atoms with Gasteiger partial charge in [0.1, 0.15) is 17.0 Å². The number of halogens is 3. The van der Waals surface area contributed by atoms with Crippen molar-refractivity contribution >= 4 is 34.1 Å². The van der Waals surface area contributed by atoms with Crippen LogP contribution in [0.5, 0.6) is 11.5 Å². The first-order valence-electron chi connectivity index (χ1n) is 13.1. The molecule has 1 aliphatic carbocycles. The Hall–Kier alpha value is -5.19. The third kappa shape index (κ3) is 5.05. The molecule has 0 radical (unpaired) electrons. The molecule has 1 saturated carbocycles. The van der Waals surface area contributed by atoms with Gasteiger partial charge in [0.15, 0.2) is 17.4 Å². The van der Waals surface area contributed by atoms with Crippen molar-refractivity contribution in [3.63, 3.8) is 0 Å². The summed E-state index contributed by atoms with van der Waals surface area (Å²) in [6.07, 6.45) is 5.60. The molecular weight excluding hydrogens is 547 g/mol. The first kappa shape index (κ1) is 27.0. The number of benzene rings is 3. The summed E-state index contributed by atoms with van der Waals surface area (Å²) in [5.41, 5.74) is 1.79. The molecule has 11 heteroatoms. The van der Waals surface area contributed by atoms with Crippen molar-refractivity contribution < 1.29 is 27.5 Å². The van der Waals surface area contributed by atoms with E-state index in [-0.39, 0.29) is 24.3 Å². The van der Waals surface area contributed by atoms with Crippen molar-refractivity contribution in [3.8, 4) is 22.6 Å². The number of carbonyl (C=O) groups excluding carboxylic acids is 2. The molecule has 6 rings (SSSR count). The fraction of sp³-hybridized carbons (Fsp3) is 0.161. The Morgan fingerprint density at radius 3 is 2.36 bits per heavy atom. The molecule has 2 aromatic heterocycles.